The second kappa shape index (κ2) is 5.83. The number of piperazine rings is 1. The second-order valence-electron chi connectivity index (χ2n) is 5.10. The first-order valence-corrected chi connectivity index (χ1v) is 6.49. The molecule has 0 aliphatic carbocycles. The lowest BCUT2D eigenvalue weighted by atomic mass is 10.1. The van der Waals surface area contributed by atoms with Crippen LogP contribution < -0.4 is 5.32 Å². The van der Waals surface area contributed by atoms with E-state index in [-0.39, 0.29) is 0 Å². The molecule has 2 heterocycles. The molecule has 2 rings (SSSR count). The van der Waals surface area contributed by atoms with E-state index in [4.69, 9.17) is 0 Å². The SMILES string of the molecule is CN1CCNC(CCCN2CCCC2)C1. The third-order valence-electron chi connectivity index (χ3n) is 3.68. The summed E-state index contributed by atoms with van der Waals surface area (Å²) in [5, 5.41) is 3.61. The van der Waals surface area contributed by atoms with Gasteiger partial charge in [0.05, 0.1) is 0 Å². The van der Waals surface area contributed by atoms with Crippen LogP contribution in [0.3, 0.4) is 0 Å². The van der Waals surface area contributed by atoms with Crippen LogP contribution in [0.25, 0.3) is 0 Å². The van der Waals surface area contributed by atoms with Gasteiger partial charge < -0.3 is 15.1 Å². The Morgan fingerprint density at radius 2 is 2.00 bits per heavy atom. The van der Waals surface area contributed by atoms with Crippen molar-refractivity contribution >= 4 is 0 Å². The summed E-state index contributed by atoms with van der Waals surface area (Å²) in [6.45, 7) is 7.63. The first-order valence-electron chi connectivity index (χ1n) is 6.49. The molecule has 0 spiro atoms. The molecule has 88 valence electrons. The Bertz CT molecular complexity index is 178. The second-order valence-corrected chi connectivity index (χ2v) is 5.10. The van der Waals surface area contributed by atoms with Gasteiger partial charge in [0.15, 0.2) is 0 Å². The van der Waals surface area contributed by atoms with E-state index >= 15 is 0 Å². The van der Waals surface area contributed by atoms with Gasteiger partial charge in [-0.2, -0.15) is 0 Å². The van der Waals surface area contributed by atoms with Crippen LogP contribution in [0.4, 0.5) is 0 Å². The molecule has 0 radical (unpaired) electrons. The summed E-state index contributed by atoms with van der Waals surface area (Å²) < 4.78 is 0. The molecular weight excluding hydrogens is 186 g/mol. The maximum atomic E-state index is 3.61. The molecule has 2 aliphatic heterocycles. The van der Waals surface area contributed by atoms with Gasteiger partial charge >= 0.3 is 0 Å². The van der Waals surface area contributed by atoms with Crippen molar-refractivity contribution in [3.05, 3.63) is 0 Å². The van der Waals surface area contributed by atoms with Crippen molar-refractivity contribution in [3.63, 3.8) is 0 Å². The predicted molar refractivity (Wildman–Crippen MR) is 64.2 cm³/mol. The van der Waals surface area contributed by atoms with E-state index in [0.29, 0.717) is 0 Å². The monoisotopic (exact) mass is 211 g/mol. The fourth-order valence-electron chi connectivity index (χ4n) is 2.75. The van der Waals surface area contributed by atoms with Crippen molar-refractivity contribution in [1.82, 2.24) is 15.1 Å². The van der Waals surface area contributed by atoms with E-state index in [9.17, 15) is 0 Å². The van der Waals surface area contributed by atoms with E-state index in [0.717, 1.165) is 6.04 Å². The average molecular weight is 211 g/mol. The number of nitrogens with one attached hydrogen (secondary N) is 1. The highest BCUT2D eigenvalue weighted by Crippen LogP contribution is 2.10. The van der Waals surface area contributed by atoms with Crippen molar-refractivity contribution in [2.24, 2.45) is 0 Å². The Labute approximate surface area is 93.8 Å². The molecule has 0 amide bonds. The summed E-state index contributed by atoms with van der Waals surface area (Å²) in [7, 11) is 2.23. The van der Waals surface area contributed by atoms with Gasteiger partial charge in [0, 0.05) is 25.7 Å². The number of hydrogen-bond donors (Lipinski definition) is 1. The smallest absolute Gasteiger partial charge is 0.0195 e. The van der Waals surface area contributed by atoms with Crippen LogP contribution >= 0.6 is 0 Å². The minimum Gasteiger partial charge on any atom is -0.311 e. The van der Waals surface area contributed by atoms with Gasteiger partial charge in [0.1, 0.15) is 0 Å². The first kappa shape index (κ1) is 11.4. The maximum Gasteiger partial charge on any atom is 0.0195 e. The molecule has 2 aliphatic rings. The van der Waals surface area contributed by atoms with E-state index in [2.05, 4.69) is 22.2 Å². The topological polar surface area (TPSA) is 18.5 Å². The predicted octanol–water partition coefficient (Wildman–Crippen LogP) is 0.766. The summed E-state index contributed by atoms with van der Waals surface area (Å²) >= 11 is 0. The molecule has 3 heteroatoms. The standard InChI is InChI=1S/C12H25N3/c1-14-10-6-13-12(11-14)5-4-9-15-7-2-3-8-15/h12-13H,2-11H2,1H3. The van der Waals surface area contributed by atoms with Crippen molar-refractivity contribution in [2.75, 3.05) is 46.3 Å². The highest BCUT2D eigenvalue weighted by molar-refractivity contribution is 4.77. The number of rotatable bonds is 4. The Hall–Kier alpha value is -0.120. The Balaban J connectivity index is 1.56. The van der Waals surface area contributed by atoms with Gasteiger partial charge in [-0.3, -0.25) is 0 Å². The first-order chi connectivity index (χ1) is 7.34. The van der Waals surface area contributed by atoms with Gasteiger partial charge in [-0.1, -0.05) is 0 Å². The van der Waals surface area contributed by atoms with Crippen molar-refractivity contribution in [2.45, 2.75) is 31.7 Å². The number of nitrogens with zero attached hydrogens (tertiary/aromatic N) is 2. The average Bonchev–Trinajstić information content (AvgIpc) is 2.71. The van der Waals surface area contributed by atoms with Crippen LogP contribution in [0.15, 0.2) is 0 Å². The molecule has 0 aromatic heterocycles. The van der Waals surface area contributed by atoms with Crippen LogP contribution in [0.1, 0.15) is 25.7 Å². The molecule has 2 fully saturated rings. The Morgan fingerprint density at radius 3 is 2.73 bits per heavy atom. The van der Waals surface area contributed by atoms with Gasteiger partial charge in [-0.25, -0.2) is 0 Å². The minimum absolute atomic E-state index is 0.742. The highest BCUT2D eigenvalue weighted by atomic mass is 15.2. The zero-order valence-electron chi connectivity index (χ0n) is 10.0. The van der Waals surface area contributed by atoms with Gasteiger partial charge in [0.2, 0.25) is 0 Å². The van der Waals surface area contributed by atoms with Crippen molar-refractivity contribution < 1.29 is 0 Å². The van der Waals surface area contributed by atoms with E-state index in [1.54, 1.807) is 0 Å². The molecule has 0 aromatic carbocycles. The van der Waals surface area contributed by atoms with Gasteiger partial charge in [-0.15, -0.1) is 0 Å². The molecule has 3 nitrogen and oxygen atoms in total. The molecule has 0 bridgehead atoms. The Kier molecular flexibility index (Phi) is 4.42. The Morgan fingerprint density at radius 1 is 1.20 bits per heavy atom. The highest BCUT2D eigenvalue weighted by Gasteiger charge is 2.17. The number of hydrogen-bond acceptors (Lipinski definition) is 3. The maximum absolute atomic E-state index is 3.61. The summed E-state index contributed by atoms with van der Waals surface area (Å²) in [5.74, 6) is 0. The summed E-state index contributed by atoms with van der Waals surface area (Å²) in [5.41, 5.74) is 0. The molecule has 0 aromatic rings. The number of likely N-dealkylation sites (tertiary alicyclic amines) is 1. The van der Waals surface area contributed by atoms with Crippen LogP contribution in [-0.2, 0) is 0 Å². The lowest BCUT2D eigenvalue weighted by molar-refractivity contribution is 0.223. The fraction of sp³-hybridized carbons (Fsp3) is 1.00. The molecule has 1 unspecified atom stereocenters. The van der Waals surface area contributed by atoms with Gasteiger partial charge in [0.25, 0.3) is 0 Å². The van der Waals surface area contributed by atoms with Crippen molar-refractivity contribution in [3.8, 4) is 0 Å². The van der Waals surface area contributed by atoms with Crippen LogP contribution in [0.2, 0.25) is 0 Å². The third kappa shape index (κ3) is 3.74. The number of likely N-dealkylation sites (N-methyl/N-ethyl adjacent to an activating group) is 1. The third-order valence-corrected chi connectivity index (χ3v) is 3.68. The van der Waals surface area contributed by atoms with Crippen LogP contribution in [0.5, 0.6) is 0 Å². The molecule has 1 N–H and O–H groups in total. The normalized spacial score (nSPS) is 29.8. The lowest BCUT2D eigenvalue weighted by Crippen LogP contribution is -2.49. The quantitative estimate of drug-likeness (QED) is 0.741. The summed E-state index contributed by atoms with van der Waals surface area (Å²) in [6, 6.07) is 0.742. The van der Waals surface area contributed by atoms with E-state index < -0.39 is 0 Å². The van der Waals surface area contributed by atoms with E-state index in [1.807, 2.05) is 0 Å². The largest absolute Gasteiger partial charge is 0.311 e. The fourth-order valence-corrected chi connectivity index (χ4v) is 2.75. The van der Waals surface area contributed by atoms with Crippen LogP contribution in [0, 0.1) is 0 Å². The molecule has 0 saturated carbocycles. The summed E-state index contributed by atoms with van der Waals surface area (Å²) in [4.78, 5) is 5.06. The summed E-state index contributed by atoms with van der Waals surface area (Å²) in [6.07, 6.45) is 5.56. The zero-order valence-corrected chi connectivity index (χ0v) is 10.0. The van der Waals surface area contributed by atoms with Gasteiger partial charge in [-0.05, 0) is 52.4 Å². The van der Waals surface area contributed by atoms with Crippen LogP contribution in [-0.4, -0.2) is 62.2 Å². The van der Waals surface area contributed by atoms with Crippen molar-refractivity contribution in [1.29, 1.82) is 0 Å². The minimum atomic E-state index is 0.742. The molecule has 1 atom stereocenters. The molecule has 15 heavy (non-hydrogen) atoms. The van der Waals surface area contributed by atoms with E-state index in [1.165, 1.54) is 65.0 Å². The lowest BCUT2D eigenvalue weighted by Gasteiger charge is -2.31. The molecular formula is C12H25N3. The molecule has 2 saturated heterocycles. The zero-order chi connectivity index (χ0) is 10.5.